The van der Waals surface area contributed by atoms with Crippen LogP contribution in [0.1, 0.15) is 51.9 Å². The zero-order chi connectivity index (χ0) is 12.8. The van der Waals surface area contributed by atoms with E-state index in [2.05, 4.69) is 23.1 Å². The van der Waals surface area contributed by atoms with Crippen LogP contribution in [0.5, 0.6) is 0 Å². The van der Waals surface area contributed by atoms with Crippen molar-refractivity contribution in [3.63, 3.8) is 0 Å². The van der Waals surface area contributed by atoms with Crippen molar-refractivity contribution >= 4 is 0 Å². The van der Waals surface area contributed by atoms with Crippen molar-refractivity contribution < 1.29 is 0 Å². The maximum Gasteiger partial charge on any atom is 0.0224 e. The molecular formula is C16H28N2. The molecule has 1 N–H and O–H groups in total. The quantitative estimate of drug-likeness (QED) is 0.608. The second-order valence-corrected chi connectivity index (χ2v) is 6.06. The molecule has 2 fully saturated rings. The van der Waals surface area contributed by atoms with Gasteiger partial charge in [-0.1, -0.05) is 19.3 Å². The van der Waals surface area contributed by atoms with E-state index in [1.54, 1.807) is 0 Å². The Labute approximate surface area is 113 Å². The Hall–Kier alpha value is -0.520. The van der Waals surface area contributed by atoms with Crippen LogP contribution in [0.25, 0.3) is 0 Å². The second kappa shape index (κ2) is 7.16. The molecule has 0 bridgehead atoms. The lowest BCUT2D eigenvalue weighted by Gasteiger charge is -2.42. The van der Waals surface area contributed by atoms with Gasteiger partial charge in [-0.15, -0.1) is 12.3 Å². The van der Waals surface area contributed by atoms with Gasteiger partial charge in [0.1, 0.15) is 0 Å². The van der Waals surface area contributed by atoms with Crippen LogP contribution in [0, 0.1) is 18.3 Å². The maximum absolute atomic E-state index is 5.34. The molecule has 2 atom stereocenters. The van der Waals surface area contributed by atoms with Crippen LogP contribution in [0.4, 0.5) is 0 Å². The molecule has 0 spiro atoms. The summed E-state index contributed by atoms with van der Waals surface area (Å²) in [5.74, 6) is 3.67. The van der Waals surface area contributed by atoms with Crippen molar-refractivity contribution in [2.24, 2.45) is 5.92 Å². The Morgan fingerprint density at radius 1 is 1.28 bits per heavy atom. The lowest BCUT2D eigenvalue weighted by Crippen LogP contribution is -2.58. The minimum Gasteiger partial charge on any atom is -0.311 e. The van der Waals surface area contributed by atoms with Gasteiger partial charge in [-0.25, -0.2) is 0 Å². The number of hydrogen-bond donors (Lipinski definition) is 1. The third kappa shape index (κ3) is 3.73. The zero-order valence-electron chi connectivity index (χ0n) is 11.8. The molecule has 1 aliphatic carbocycles. The van der Waals surface area contributed by atoms with E-state index >= 15 is 0 Å². The highest BCUT2D eigenvalue weighted by atomic mass is 15.2. The number of hydrogen-bond acceptors (Lipinski definition) is 2. The van der Waals surface area contributed by atoms with Crippen molar-refractivity contribution in [2.45, 2.75) is 64.0 Å². The summed E-state index contributed by atoms with van der Waals surface area (Å²) in [6.07, 6.45) is 14.6. The number of terminal acetylenes is 1. The molecule has 0 aromatic carbocycles. The fourth-order valence-corrected chi connectivity index (χ4v) is 3.50. The van der Waals surface area contributed by atoms with Crippen LogP contribution in [0.2, 0.25) is 0 Å². The van der Waals surface area contributed by atoms with Gasteiger partial charge in [-0.2, -0.15) is 0 Å². The Balaban J connectivity index is 1.81. The van der Waals surface area contributed by atoms with Gasteiger partial charge in [0.15, 0.2) is 0 Å². The molecule has 1 heterocycles. The van der Waals surface area contributed by atoms with Crippen LogP contribution in [-0.2, 0) is 0 Å². The monoisotopic (exact) mass is 248 g/mol. The van der Waals surface area contributed by atoms with E-state index < -0.39 is 0 Å². The average molecular weight is 248 g/mol. The summed E-state index contributed by atoms with van der Waals surface area (Å²) >= 11 is 0. The van der Waals surface area contributed by atoms with E-state index in [9.17, 15) is 0 Å². The molecule has 2 heteroatoms. The van der Waals surface area contributed by atoms with E-state index in [-0.39, 0.29) is 0 Å². The smallest absolute Gasteiger partial charge is 0.0224 e. The number of nitrogens with one attached hydrogen (secondary N) is 1. The largest absolute Gasteiger partial charge is 0.311 e. The van der Waals surface area contributed by atoms with Crippen molar-refractivity contribution in [1.29, 1.82) is 0 Å². The molecule has 2 aliphatic rings. The second-order valence-electron chi connectivity index (χ2n) is 6.06. The van der Waals surface area contributed by atoms with Gasteiger partial charge in [0, 0.05) is 31.6 Å². The summed E-state index contributed by atoms with van der Waals surface area (Å²) in [7, 11) is 0. The number of piperazine rings is 1. The third-order valence-corrected chi connectivity index (χ3v) is 4.72. The van der Waals surface area contributed by atoms with Gasteiger partial charge < -0.3 is 5.32 Å². The predicted octanol–water partition coefficient (Wildman–Crippen LogP) is 2.64. The van der Waals surface area contributed by atoms with Gasteiger partial charge in [0.05, 0.1) is 0 Å². The van der Waals surface area contributed by atoms with E-state index in [0.717, 1.165) is 31.3 Å². The van der Waals surface area contributed by atoms with Gasteiger partial charge in [-0.05, 0) is 38.6 Å². The minimum atomic E-state index is 0.669. The van der Waals surface area contributed by atoms with E-state index in [1.807, 2.05) is 0 Å². The first-order valence-electron chi connectivity index (χ1n) is 7.72. The normalized spacial score (nSPS) is 31.1. The molecule has 1 saturated carbocycles. The van der Waals surface area contributed by atoms with Gasteiger partial charge in [0.2, 0.25) is 0 Å². The molecule has 1 aliphatic heterocycles. The number of unbranched alkanes of at least 4 members (excludes halogenated alkanes) is 1. The summed E-state index contributed by atoms with van der Waals surface area (Å²) < 4.78 is 0. The highest BCUT2D eigenvalue weighted by Crippen LogP contribution is 2.28. The van der Waals surface area contributed by atoms with Gasteiger partial charge in [-0.3, -0.25) is 4.90 Å². The van der Waals surface area contributed by atoms with Crippen molar-refractivity contribution in [3.8, 4) is 12.3 Å². The topological polar surface area (TPSA) is 15.3 Å². The standard InChI is InChI=1S/C16H28N2/c1-3-4-8-11-18-13-16(17-12-14(18)2)15-9-6-5-7-10-15/h1,14-17H,4-13H2,2H3. The van der Waals surface area contributed by atoms with Gasteiger partial charge in [0.25, 0.3) is 0 Å². The lowest BCUT2D eigenvalue weighted by molar-refractivity contribution is 0.104. The molecule has 2 rings (SSSR count). The molecule has 0 radical (unpaired) electrons. The van der Waals surface area contributed by atoms with Crippen molar-refractivity contribution in [3.05, 3.63) is 0 Å². The number of nitrogens with zero attached hydrogens (tertiary/aromatic N) is 1. The Morgan fingerprint density at radius 2 is 2.06 bits per heavy atom. The van der Waals surface area contributed by atoms with Crippen LogP contribution in [0.15, 0.2) is 0 Å². The van der Waals surface area contributed by atoms with E-state index in [1.165, 1.54) is 45.2 Å². The first kappa shape index (κ1) is 13.9. The minimum absolute atomic E-state index is 0.669. The van der Waals surface area contributed by atoms with Gasteiger partial charge >= 0.3 is 0 Å². The molecule has 0 aromatic heterocycles. The van der Waals surface area contributed by atoms with Crippen molar-refractivity contribution in [1.82, 2.24) is 10.2 Å². The molecule has 2 unspecified atom stereocenters. The van der Waals surface area contributed by atoms with Crippen LogP contribution in [-0.4, -0.2) is 36.6 Å². The van der Waals surface area contributed by atoms with Crippen molar-refractivity contribution in [2.75, 3.05) is 19.6 Å². The van der Waals surface area contributed by atoms with Crippen LogP contribution >= 0.6 is 0 Å². The molecule has 1 saturated heterocycles. The third-order valence-electron chi connectivity index (χ3n) is 4.72. The lowest BCUT2D eigenvalue weighted by atomic mass is 9.82. The first-order valence-corrected chi connectivity index (χ1v) is 7.72. The molecule has 0 amide bonds. The Kier molecular flexibility index (Phi) is 5.53. The Morgan fingerprint density at radius 3 is 2.78 bits per heavy atom. The highest BCUT2D eigenvalue weighted by Gasteiger charge is 2.30. The fourth-order valence-electron chi connectivity index (χ4n) is 3.50. The Bertz CT molecular complexity index is 275. The summed E-state index contributed by atoms with van der Waals surface area (Å²) in [5.41, 5.74) is 0. The number of rotatable bonds is 4. The van der Waals surface area contributed by atoms with Crippen LogP contribution < -0.4 is 5.32 Å². The maximum atomic E-state index is 5.34. The van der Waals surface area contributed by atoms with Crippen LogP contribution in [0.3, 0.4) is 0 Å². The molecule has 102 valence electrons. The average Bonchev–Trinajstić information content (AvgIpc) is 2.42. The first-order chi connectivity index (χ1) is 8.81. The van der Waals surface area contributed by atoms with E-state index in [0.29, 0.717) is 6.04 Å². The SMILES string of the molecule is C#CCCCN1CC(C2CCCCC2)NCC1C. The molecule has 2 nitrogen and oxygen atoms in total. The van der Waals surface area contributed by atoms with E-state index in [4.69, 9.17) is 6.42 Å². The summed E-state index contributed by atoms with van der Waals surface area (Å²) in [4.78, 5) is 2.65. The summed E-state index contributed by atoms with van der Waals surface area (Å²) in [6.45, 7) is 5.89. The fraction of sp³-hybridized carbons (Fsp3) is 0.875. The predicted molar refractivity (Wildman–Crippen MR) is 77.5 cm³/mol. The highest BCUT2D eigenvalue weighted by molar-refractivity contribution is 4.90. The summed E-state index contributed by atoms with van der Waals surface area (Å²) in [6, 6.07) is 1.40. The molecule has 0 aromatic rings. The zero-order valence-corrected chi connectivity index (χ0v) is 11.8. The molecular weight excluding hydrogens is 220 g/mol. The summed E-state index contributed by atoms with van der Waals surface area (Å²) in [5, 5.41) is 3.78. The molecule has 18 heavy (non-hydrogen) atoms.